The monoisotopic (exact) mass is 282 g/mol. The molecule has 0 saturated carbocycles. The Morgan fingerprint density at radius 2 is 2.44 bits per heavy atom. The Hall–Kier alpha value is -0.840. The van der Waals surface area contributed by atoms with Crippen molar-refractivity contribution in [1.82, 2.24) is 4.98 Å². The van der Waals surface area contributed by atoms with Crippen LogP contribution in [0.1, 0.15) is 12.8 Å². The van der Waals surface area contributed by atoms with Crippen LogP contribution in [0.5, 0.6) is 0 Å². The van der Waals surface area contributed by atoms with E-state index in [2.05, 4.69) is 10.3 Å². The molecule has 0 aliphatic carbocycles. The molecule has 1 fully saturated rings. The molecule has 1 unspecified atom stereocenters. The minimum absolute atomic E-state index is 0.573. The van der Waals surface area contributed by atoms with Gasteiger partial charge in [-0.2, -0.15) is 0 Å². The second kappa shape index (κ2) is 5.43. The van der Waals surface area contributed by atoms with Crippen molar-refractivity contribution in [3.8, 4) is 0 Å². The minimum atomic E-state index is 0.573. The molecule has 5 heteroatoms. The first-order valence-electron chi connectivity index (χ1n) is 6.18. The van der Waals surface area contributed by atoms with E-state index in [-0.39, 0.29) is 0 Å². The van der Waals surface area contributed by atoms with Crippen LogP contribution in [0.25, 0.3) is 10.2 Å². The lowest BCUT2D eigenvalue weighted by Crippen LogP contribution is -2.24. The molecule has 96 valence electrons. The number of rotatable bonds is 3. The zero-order chi connectivity index (χ0) is 12.4. The summed E-state index contributed by atoms with van der Waals surface area (Å²) in [6.45, 7) is 2.65. The van der Waals surface area contributed by atoms with Gasteiger partial charge in [-0.3, -0.25) is 0 Å². The van der Waals surface area contributed by atoms with E-state index >= 15 is 0 Å². The molecule has 0 amide bonds. The van der Waals surface area contributed by atoms with E-state index < -0.39 is 0 Å². The smallest absolute Gasteiger partial charge is 0.106 e. The van der Waals surface area contributed by atoms with E-state index in [4.69, 9.17) is 16.3 Å². The van der Waals surface area contributed by atoms with Gasteiger partial charge in [-0.05, 0) is 30.9 Å². The molecule has 2 aromatic rings. The van der Waals surface area contributed by atoms with Crippen LogP contribution in [0.4, 0.5) is 5.69 Å². The molecule has 1 aromatic carbocycles. The van der Waals surface area contributed by atoms with Gasteiger partial charge in [0.15, 0.2) is 0 Å². The number of anilines is 1. The minimum Gasteiger partial charge on any atom is -0.382 e. The number of hydrogen-bond acceptors (Lipinski definition) is 4. The number of thiazole rings is 1. The van der Waals surface area contributed by atoms with Crippen LogP contribution in [-0.4, -0.2) is 24.7 Å². The first kappa shape index (κ1) is 12.2. The van der Waals surface area contributed by atoms with E-state index in [9.17, 15) is 0 Å². The van der Waals surface area contributed by atoms with Crippen molar-refractivity contribution >= 4 is 38.8 Å². The fourth-order valence-electron chi connectivity index (χ4n) is 2.29. The topological polar surface area (TPSA) is 34.2 Å². The molecule has 1 aliphatic rings. The van der Waals surface area contributed by atoms with Crippen molar-refractivity contribution < 1.29 is 4.74 Å². The molecule has 1 aromatic heterocycles. The van der Waals surface area contributed by atoms with Crippen LogP contribution >= 0.6 is 22.9 Å². The van der Waals surface area contributed by atoms with Gasteiger partial charge in [0.1, 0.15) is 5.52 Å². The highest BCUT2D eigenvalue weighted by atomic mass is 35.5. The van der Waals surface area contributed by atoms with Gasteiger partial charge < -0.3 is 10.1 Å². The molecule has 18 heavy (non-hydrogen) atoms. The highest BCUT2D eigenvalue weighted by Crippen LogP contribution is 2.32. The Bertz CT molecular complexity index is 537. The van der Waals surface area contributed by atoms with Crippen LogP contribution in [-0.2, 0) is 4.74 Å². The summed E-state index contributed by atoms with van der Waals surface area (Å²) in [5.41, 5.74) is 3.79. The van der Waals surface area contributed by atoms with Crippen molar-refractivity contribution in [2.75, 3.05) is 25.1 Å². The van der Waals surface area contributed by atoms with Gasteiger partial charge in [0, 0.05) is 13.2 Å². The van der Waals surface area contributed by atoms with Crippen molar-refractivity contribution in [1.29, 1.82) is 0 Å². The van der Waals surface area contributed by atoms with Gasteiger partial charge in [0.05, 0.1) is 27.5 Å². The van der Waals surface area contributed by atoms with E-state index in [1.54, 1.807) is 11.3 Å². The lowest BCUT2D eigenvalue weighted by molar-refractivity contribution is 0.0595. The summed E-state index contributed by atoms with van der Waals surface area (Å²) in [6, 6.07) is 3.95. The summed E-state index contributed by atoms with van der Waals surface area (Å²) in [6.07, 6.45) is 2.37. The maximum absolute atomic E-state index is 6.25. The van der Waals surface area contributed by atoms with Crippen LogP contribution < -0.4 is 5.32 Å². The average molecular weight is 283 g/mol. The summed E-state index contributed by atoms with van der Waals surface area (Å²) in [5, 5.41) is 4.18. The molecule has 3 rings (SSSR count). The number of aromatic nitrogens is 1. The molecule has 0 radical (unpaired) electrons. The third-order valence-corrected chi connectivity index (χ3v) is 4.38. The molecular weight excluding hydrogens is 268 g/mol. The van der Waals surface area contributed by atoms with Gasteiger partial charge in [-0.15, -0.1) is 11.3 Å². The van der Waals surface area contributed by atoms with E-state index in [1.165, 1.54) is 11.1 Å². The van der Waals surface area contributed by atoms with Gasteiger partial charge in [-0.1, -0.05) is 11.6 Å². The quantitative estimate of drug-likeness (QED) is 0.930. The van der Waals surface area contributed by atoms with Crippen LogP contribution in [0, 0.1) is 5.92 Å². The van der Waals surface area contributed by atoms with Crippen LogP contribution in [0.15, 0.2) is 17.6 Å². The number of nitrogens with one attached hydrogen (secondary N) is 1. The third kappa shape index (κ3) is 2.46. The Labute approximate surface area is 115 Å². The number of hydrogen-bond donors (Lipinski definition) is 1. The Kier molecular flexibility index (Phi) is 3.68. The van der Waals surface area contributed by atoms with Crippen molar-refractivity contribution in [2.45, 2.75) is 12.8 Å². The first-order valence-corrected chi connectivity index (χ1v) is 7.43. The Balaban J connectivity index is 1.76. The molecule has 1 N–H and O–H groups in total. The SMILES string of the molecule is Clc1ccc2scnc2c1NCC1CCCOC1. The molecule has 2 heterocycles. The lowest BCUT2D eigenvalue weighted by atomic mass is 10.0. The van der Waals surface area contributed by atoms with Crippen molar-refractivity contribution in [3.63, 3.8) is 0 Å². The summed E-state index contributed by atoms with van der Waals surface area (Å²) in [5.74, 6) is 0.573. The summed E-state index contributed by atoms with van der Waals surface area (Å²) < 4.78 is 6.66. The summed E-state index contributed by atoms with van der Waals surface area (Å²) in [4.78, 5) is 4.38. The predicted molar refractivity (Wildman–Crippen MR) is 76.7 cm³/mol. The maximum atomic E-state index is 6.25. The van der Waals surface area contributed by atoms with Crippen LogP contribution in [0.2, 0.25) is 5.02 Å². The zero-order valence-electron chi connectivity index (χ0n) is 9.99. The van der Waals surface area contributed by atoms with Gasteiger partial charge in [0.25, 0.3) is 0 Å². The standard InChI is InChI=1S/C13H15ClN2OS/c14-10-3-4-11-13(16-8-18-11)12(10)15-6-9-2-1-5-17-7-9/h3-4,8-9,15H,1-2,5-7H2. The second-order valence-corrected chi connectivity index (χ2v) is 5.88. The Morgan fingerprint density at radius 1 is 1.50 bits per heavy atom. The number of benzene rings is 1. The maximum Gasteiger partial charge on any atom is 0.106 e. The highest BCUT2D eigenvalue weighted by Gasteiger charge is 2.15. The van der Waals surface area contributed by atoms with Gasteiger partial charge >= 0.3 is 0 Å². The molecule has 1 saturated heterocycles. The number of fused-ring (bicyclic) bond motifs is 1. The molecule has 1 atom stereocenters. The lowest BCUT2D eigenvalue weighted by Gasteiger charge is -2.23. The predicted octanol–water partition coefficient (Wildman–Crippen LogP) is 3.79. The van der Waals surface area contributed by atoms with Gasteiger partial charge in [-0.25, -0.2) is 4.98 Å². The number of ether oxygens (including phenoxy) is 1. The van der Waals surface area contributed by atoms with Gasteiger partial charge in [0.2, 0.25) is 0 Å². The molecule has 0 bridgehead atoms. The zero-order valence-corrected chi connectivity index (χ0v) is 11.6. The number of halogens is 1. The highest BCUT2D eigenvalue weighted by molar-refractivity contribution is 7.16. The normalized spacial score (nSPS) is 20.2. The molecular formula is C13H15ClN2OS. The van der Waals surface area contributed by atoms with E-state index in [0.29, 0.717) is 5.92 Å². The Morgan fingerprint density at radius 3 is 3.28 bits per heavy atom. The fraction of sp³-hybridized carbons (Fsp3) is 0.462. The number of nitrogens with zero attached hydrogens (tertiary/aromatic N) is 1. The second-order valence-electron chi connectivity index (χ2n) is 4.59. The summed E-state index contributed by atoms with van der Waals surface area (Å²) in [7, 11) is 0. The molecule has 1 aliphatic heterocycles. The third-order valence-electron chi connectivity index (χ3n) is 3.27. The summed E-state index contributed by atoms with van der Waals surface area (Å²) >= 11 is 7.89. The van der Waals surface area contributed by atoms with E-state index in [0.717, 1.165) is 42.4 Å². The van der Waals surface area contributed by atoms with Crippen molar-refractivity contribution in [2.24, 2.45) is 5.92 Å². The average Bonchev–Trinajstić information content (AvgIpc) is 2.87. The van der Waals surface area contributed by atoms with Crippen LogP contribution in [0.3, 0.4) is 0 Å². The largest absolute Gasteiger partial charge is 0.382 e. The molecule has 3 nitrogen and oxygen atoms in total. The first-order chi connectivity index (χ1) is 8.84. The van der Waals surface area contributed by atoms with Crippen molar-refractivity contribution in [3.05, 3.63) is 22.7 Å². The fourth-order valence-corrected chi connectivity index (χ4v) is 3.19. The van der Waals surface area contributed by atoms with E-state index in [1.807, 2.05) is 17.6 Å². The molecule has 0 spiro atoms.